The number of fused-ring (bicyclic) bond motifs is 1. The quantitative estimate of drug-likeness (QED) is 0.817. The Labute approximate surface area is 127 Å². The number of carbonyl (C=O) groups is 1. The molecule has 2 aromatic heterocycles. The molecular formula is C15H16N4O3. The number of furan rings is 1. The number of ether oxygens (including phenoxy) is 1. The van der Waals surface area contributed by atoms with Gasteiger partial charge in [0.2, 0.25) is 5.95 Å². The molecule has 0 bridgehead atoms. The summed E-state index contributed by atoms with van der Waals surface area (Å²) in [5, 5.41) is 0. The van der Waals surface area contributed by atoms with Gasteiger partial charge >= 0.3 is 0 Å². The Morgan fingerprint density at radius 2 is 2.09 bits per heavy atom. The fourth-order valence-corrected chi connectivity index (χ4v) is 3.10. The summed E-state index contributed by atoms with van der Waals surface area (Å²) in [5.74, 6) is 0.950. The van der Waals surface area contributed by atoms with Crippen LogP contribution in [-0.4, -0.2) is 59.2 Å². The highest BCUT2D eigenvalue weighted by Gasteiger charge is 2.43. The van der Waals surface area contributed by atoms with Crippen LogP contribution in [0.25, 0.3) is 0 Å². The van der Waals surface area contributed by atoms with Crippen LogP contribution in [0.5, 0.6) is 0 Å². The summed E-state index contributed by atoms with van der Waals surface area (Å²) in [5.41, 5.74) is 0. The van der Waals surface area contributed by atoms with Gasteiger partial charge in [0.25, 0.3) is 5.91 Å². The molecule has 0 radical (unpaired) electrons. The van der Waals surface area contributed by atoms with E-state index in [9.17, 15) is 4.79 Å². The second-order valence-electron chi connectivity index (χ2n) is 5.41. The average molecular weight is 300 g/mol. The van der Waals surface area contributed by atoms with Crippen molar-refractivity contribution in [3.8, 4) is 0 Å². The summed E-state index contributed by atoms with van der Waals surface area (Å²) in [6.45, 7) is 2.49. The molecule has 7 nitrogen and oxygen atoms in total. The molecule has 2 aromatic rings. The zero-order valence-electron chi connectivity index (χ0n) is 12.0. The van der Waals surface area contributed by atoms with Crippen molar-refractivity contribution >= 4 is 11.9 Å². The molecule has 2 saturated heterocycles. The van der Waals surface area contributed by atoms with Gasteiger partial charge in [0.05, 0.1) is 25.0 Å². The molecule has 2 atom stereocenters. The number of anilines is 1. The van der Waals surface area contributed by atoms with Crippen LogP contribution in [0.4, 0.5) is 5.95 Å². The van der Waals surface area contributed by atoms with Gasteiger partial charge in [-0.1, -0.05) is 0 Å². The fraction of sp³-hybridized carbons (Fsp3) is 0.400. The SMILES string of the molecule is O=C(c1ccco1)N1C[C@@H]2OCCN(c3ncccn3)[C@@H]2C1. The Bertz CT molecular complexity index is 646. The largest absolute Gasteiger partial charge is 0.459 e. The van der Waals surface area contributed by atoms with Crippen molar-refractivity contribution in [2.45, 2.75) is 12.1 Å². The van der Waals surface area contributed by atoms with Gasteiger partial charge in [-0.15, -0.1) is 0 Å². The van der Waals surface area contributed by atoms with Crippen molar-refractivity contribution in [2.75, 3.05) is 31.1 Å². The molecule has 0 spiro atoms. The van der Waals surface area contributed by atoms with Crippen LogP contribution in [0.15, 0.2) is 41.3 Å². The number of amides is 1. The second-order valence-corrected chi connectivity index (χ2v) is 5.41. The number of nitrogens with zero attached hydrogens (tertiary/aromatic N) is 4. The maximum Gasteiger partial charge on any atom is 0.289 e. The van der Waals surface area contributed by atoms with Crippen molar-refractivity contribution in [2.24, 2.45) is 0 Å². The molecule has 0 aromatic carbocycles. The van der Waals surface area contributed by atoms with E-state index in [2.05, 4.69) is 14.9 Å². The third-order valence-corrected chi connectivity index (χ3v) is 4.13. The van der Waals surface area contributed by atoms with Crippen molar-refractivity contribution in [1.29, 1.82) is 0 Å². The highest BCUT2D eigenvalue weighted by atomic mass is 16.5. The summed E-state index contributed by atoms with van der Waals surface area (Å²) in [6, 6.07) is 5.28. The molecule has 2 fully saturated rings. The first kappa shape index (κ1) is 13.3. The highest BCUT2D eigenvalue weighted by molar-refractivity contribution is 5.91. The number of aromatic nitrogens is 2. The van der Waals surface area contributed by atoms with Crippen molar-refractivity contribution in [3.05, 3.63) is 42.6 Å². The molecule has 1 amide bonds. The molecule has 4 rings (SSSR count). The Hall–Kier alpha value is -2.41. The van der Waals surface area contributed by atoms with Crippen molar-refractivity contribution < 1.29 is 13.9 Å². The number of hydrogen-bond acceptors (Lipinski definition) is 6. The van der Waals surface area contributed by atoms with Gasteiger partial charge in [-0.25, -0.2) is 9.97 Å². The lowest BCUT2D eigenvalue weighted by Gasteiger charge is -2.36. The molecule has 2 aliphatic heterocycles. The number of morpholine rings is 1. The van der Waals surface area contributed by atoms with E-state index in [1.165, 1.54) is 6.26 Å². The van der Waals surface area contributed by atoms with Crippen LogP contribution in [0, 0.1) is 0 Å². The number of carbonyl (C=O) groups excluding carboxylic acids is 1. The van der Waals surface area contributed by atoms with Gasteiger partial charge in [0.1, 0.15) is 0 Å². The van der Waals surface area contributed by atoms with Crippen molar-refractivity contribution in [1.82, 2.24) is 14.9 Å². The van der Waals surface area contributed by atoms with E-state index in [-0.39, 0.29) is 18.1 Å². The third-order valence-electron chi connectivity index (χ3n) is 4.13. The number of hydrogen-bond donors (Lipinski definition) is 0. The summed E-state index contributed by atoms with van der Waals surface area (Å²) in [4.78, 5) is 25.0. The minimum atomic E-state index is -0.100. The Morgan fingerprint density at radius 1 is 1.23 bits per heavy atom. The molecular weight excluding hydrogens is 284 g/mol. The summed E-state index contributed by atoms with van der Waals surface area (Å²) < 4.78 is 11.0. The van der Waals surface area contributed by atoms with Gasteiger partial charge in [-0.2, -0.15) is 0 Å². The normalized spacial score (nSPS) is 24.4. The molecule has 4 heterocycles. The number of rotatable bonds is 2. The van der Waals surface area contributed by atoms with Crippen molar-refractivity contribution in [3.63, 3.8) is 0 Å². The van der Waals surface area contributed by atoms with E-state index in [0.29, 0.717) is 31.4 Å². The molecule has 0 saturated carbocycles. The summed E-state index contributed by atoms with van der Waals surface area (Å²) >= 11 is 0. The fourth-order valence-electron chi connectivity index (χ4n) is 3.10. The maximum absolute atomic E-state index is 12.4. The van der Waals surface area contributed by atoms with Gasteiger partial charge in [0.15, 0.2) is 5.76 Å². The van der Waals surface area contributed by atoms with E-state index in [0.717, 1.165) is 6.54 Å². The lowest BCUT2D eigenvalue weighted by Crippen LogP contribution is -2.51. The molecule has 0 N–H and O–H groups in total. The molecule has 0 aliphatic carbocycles. The maximum atomic E-state index is 12.4. The van der Waals surface area contributed by atoms with Gasteiger partial charge in [-0.05, 0) is 18.2 Å². The Balaban J connectivity index is 1.55. The van der Waals surface area contributed by atoms with E-state index in [1.54, 1.807) is 35.5 Å². The average Bonchev–Trinajstić information content (AvgIpc) is 3.24. The Morgan fingerprint density at radius 3 is 2.86 bits per heavy atom. The minimum absolute atomic E-state index is 0.0172. The van der Waals surface area contributed by atoms with Crippen LogP contribution in [0.3, 0.4) is 0 Å². The predicted octanol–water partition coefficient (Wildman–Crippen LogP) is 0.799. The molecule has 22 heavy (non-hydrogen) atoms. The summed E-state index contributed by atoms with van der Waals surface area (Å²) in [7, 11) is 0. The smallest absolute Gasteiger partial charge is 0.289 e. The molecule has 0 unspecified atom stereocenters. The van der Waals surface area contributed by atoms with Gasteiger partial charge in [0, 0.05) is 32.0 Å². The van der Waals surface area contributed by atoms with Gasteiger partial charge < -0.3 is 19.0 Å². The van der Waals surface area contributed by atoms with E-state index >= 15 is 0 Å². The zero-order chi connectivity index (χ0) is 14.9. The van der Waals surface area contributed by atoms with E-state index in [4.69, 9.17) is 9.15 Å². The third kappa shape index (κ3) is 2.23. The van der Waals surface area contributed by atoms with E-state index < -0.39 is 0 Å². The molecule has 2 aliphatic rings. The van der Waals surface area contributed by atoms with E-state index in [1.807, 2.05) is 0 Å². The van der Waals surface area contributed by atoms with Crippen LogP contribution in [-0.2, 0) is 4.74 Å². The molecule has 114 valence electrons. The lowest BCUT2D eigenvalue weighted by atomic mass is 10.1. The van der Waals surface area contributed by atoms with Gasteiger partial charge in [-0.3, -0.25) is 4.79 Å². The van der Waals surface area contributed by atoms with Crippen LogP contribution < -0.4 is 4.90 Å². The first-order valence-corrected chi connectivity index (χ1v) is 7.31. The summed E-state index contributed by atoms with van der Waals surface area (Å²) in [6.07, 6.45) is 4.95. The minimum Gasteiger partial charge on any atom is -0.459 e. The monoisotopic (exact) mass is 300 g/mol. The highest BCUT2D eigenvalue weighted by Crippen LogP contribution is 2.26. The van der Waals surface area contributed by atoms with Crippen LogP contribution >= 0.6 is 0 Å². The second kappa shape index (κ2) is 5.42. The zero-order valence-corrected chi connectivity index (χ0v) is 12.0. The van der Waals surface area contributed by atoms with Crippen LogP contribution in [0.2, 0.25) is 0 Å². The van der Waals surface area contributed by atoms with Crippen LogP contribution in [0.1, 0.15) is 10.6 Å². The standard InChI is InChI=1S/C15H16N4O3/c20-14(12-3-1-7-21-12)18-9-11-13(10-18)22-8-6-19(11)15-16-4-2-5-17-15/h1-5,7,11,13H,6,8-10H2/t11-,13+/m1/s1. The first-order valence-electron chi connectivity index (χ1n) is 7.31. The Kier molecular flexibility index (Phi) is 3.27. The molecule has 7 heteroatoms. The topological polar surface area (TPSA) is 71.7 Å². The predicted molar refractivity (Wildman–Crippen MR) is 77.5 cm³/mol. The first-order chi connectivity index (χ1) is 10.8. The number of likely N-dealkylation sites (tertiary alicyclic amines) is 1. The lowest BCUT2D eigenvalue weighted by molar-refractivity contribution is 0.0294.